The summed E-state index contributed by atoms with van der Waals surface area (Å²) >= 11 is 0. The third kappa shape index (κ3) is 5.19. The predicted molar refractivity (Wildman–Crippen MR) is 125 cm³/mol. The van der Waals surface area contributed by atoms with Gasteiger partial charge in [0.25, 0.3) is 0 Å². The Labute approximate surface area is 191 Å². The summed E-state index contributed by atoms with van der Waals surface area (Å²) in [6.45, 7) is 6.87. The van der Waals surface area contributed by atoms with Crippen molar-refractivity contribution in [2.75, 3.05) is 19.8 Å². The van der Waals surface area contributed by atoms with Crippen molar-refractivity contribution in [3.05, 3.63) is 62.7 Å². The van der Waals surface area contributed by atoms with Gasteiger partial charge in [0.15, 0.2) is 11.5 Å². The fourth-order valence-corrected chi connectivity index (χ4v) is 3.56. The van der Waals surface area contributed by atoms with E-state index in [1.54, 1.807) is 36.4 Å². The SMILES string of the molecule is CCOc1cc(CNC(=O)Cn2c(=O)c(=O)n(C)c3ccccc32)cc(OCC)c1OCC. The van der Waals surface area contributed by atoms with Gasteiger partial charge in [-0.3, -0.25) is 19.0 Å². The maximum absolute atomic E-state index is 12.7. The van der Waals surface area contributed by atoms with Gasteiger partial charge in [0, 0.05) is 13.6 Å². The molecule has 9 heteroatoms. The van der Waals surface area contributed by atoms with Crippen LogP contribution >= 0.6 is 0 Å². The molecular formula is C24H29N3O6. The number of carbonyl (C=O) groups excluding carboxylic acids is 1. The maximum Gasteiger partial charge on any atom is 0.317 e. The number of rotatable bonds is 10. The van der Waals surface area contributed by atoms with Crippen LogP contribution in [-0.4, -0.2) is 34.9 Å². The van der Waals surface area contributed by atoms with Crippen LogP contribution in [0.3, 0.4) is 0 Å². The highest BCUT2D eigenvalue weighted by Gasteiger charge is 2.17. The highest BCUT2D eigenvalue weighted by Crippen LogP contribution is 2.39. The number of ether oxygens (including phenoxy) is 3. The third-order valence-corrected chi connectivity index (χ3v) is 5.03. The molecule has 0 unspecified atom stereocenters. The van der Waals surface area contributed by atoms with Crippen molar-refractivity contribution in [3.8, 4) is 17.2 Å². The fourth-order valence-electron chi connectivity index (χ4n) is 3.56. The number of carbonyl (C=O) groups is 1. The minimum atomic E-state index is -0.746. The number of aromatic nitrogens is 2. The zero-order valence-corrected chi connectivity index (χ0v) is 19.3. The molecule has 0 fully saturated rings. The summed E-state index contributed by atoms with van der Waals surface area (Å²) in [6, 6.07) is 10.5. The average molecular weight is 456 g/mol. The molecule has 0 aliphatic heterocycles. The number of amides is 1. The van der Waals surface area contributed by atoms with E-state index >= 15 is 0 Å². The first kappa shape index (κ1) is 23.9. The van der Waals surface area contributed by atoms with Gasteiger partial charge < -0.3 is 24.1 Å². The molecule has 0 saturated carbocycles. The number of fused-ring (bicyclic) bond motifs is 1. The first-order valence-electron chi connectivity index (χ1n) is 10.9. The lowest BCUT2D eigenvalue weighted by atomic mass is 10.1. The Balaban J connectivity index is 1.85. The molecule has 0 aliphatic carbocycles. The Kier molecular flexibility index (Phi) is 7.76. The second kappa shape index (κ2) is 10.7. The molecule has 0 spiro atoms. The van der Waals surface area contributed by atoms with Gasteiger partial charge >= 0.3 is 11.1 Å². The van der Waals surface area contributed by atoms with E-state index in [4.69, 9.17) is 14.2 Å². The Hall–Kier alpha value is -3.75. The van der Waals surface area contributed by atoms with Crippen LogP contribution in [0.25, 0.3) is 11.0 Å². The molecule has 1 N–H and O–H groups in total. The Morgan fingerprint density at radius 2 is 1.45 bits per heavy atom. The van der Waals surface area contributed by atoms with E-state index in [2.05, 4.69) is 5.32 Å². The van der Waals surface area contributed by atoms with E-state index in [0.717, 1.165) is 5.56 Å². The first-order valence-corrected chi connectivity index (χ1v) is 10.9. The zero-order chi connectivity index (χ0) is 24.0. The highest BCUT2D eigenvalue weighted by molar-refractivity contribution is 5.80. The molecule has 2 aromatic carbocycles. The van der Waals surface area contributed by atoms with Crippen LogP contribution < -0.4 is 30.6 Å². The lowest BCUT2D eigenvalue weighted by molar-refractivity contribution is -0.121. The Morgan fingerprint density at radius 3 is 2.03 bits per heavy atom. The topological polar surface area (TPSA) is 101 Å². The second-order valence-corrected chi connectivity index (χ2v) is 7.24. The molecule has 1 amide bonds. The van der Waals surface area contributed by atoms with Crippen LogP contribution in [-0.2, 0) is 24.9 Å². The van der Waals surface area contributed by atoms with Gasteiger partial charge in [0.1, 0.15) is 6.54 Å². The monoisotopic (exact) mass is 455 g/mol. The molecule has 0 radical (unpaired) electrons. The summed E-state index contributed by atoms with van der Waals surface area (Å²) in [4.78, 5) is 37.6. The van der Waals surface area contributed by atoms with Crippen molar-refractivity contribution in [3.63, 3.8) is 0 Å². The van der Waals surface area contributed by atoms with E-state index < -0.39 is 17.0 Å². The molecule has 1 heterocycles. The molecule has 0 atom stereocenters. The molecule has 176 valence electrons. The van der Waals surface area contributed by atoms with Crippen LogP contribution in [0.2, 0.25) is 0 Å². The predicted octanol–water partition coefficient (Wildman–Crippen LogP) is 2.21. The quantitative estimate of drug-likeness (QED) is 0.471. The van der Waals surface area contributed by atoms with E-state index in [1.165, 1.54) is 16.2 Å². The van der Waals surface area contributed by atoms with E-state index in [9.17, 15) is 14.4 Å². The molecule has 3 aromatic rings. The summed E-state index contributed by atoms with van der Waals surface area (Å²) in [7, 11) is 1.54. The van der Waals surface area contributed by atoms with Gasteiger partial charge in [-0.25, -0.2) is 0 Å². The summed E-state index contributed by atoms with van der Waals surface area (Å²) in [5.41, 5.74) is 0.405. The largest absolute Gasteiger partial charge is 0.490 e. The number of benzene rings is 2. The van der Waals surface area contributed by atoms with E-state index in [1.807, 2.05) is 20.8 Å². The standard InChI is InChI=1S/C24H29N3O6/c1-5-31-19-12-16(13-20(32-6-2)22(19)33-7-3)14-25-21(28)15-27-18-11-9-8-10-17(18)26(4)23(29)24(27)30/h8-13H,5-7,14-15H2,1-4H3,(H,25,28). The summed E-state index contributed by atoms with van der Waals surface area (Å²) in [5.74, 6) is 1.18. The molecular weight excluding hydrogens is 426 g/mol. The molecule has 1 aromatic heterocycles. The van der Waals surface area contributed by atoms with E-state index in [-0.39, 0.29) is 13.1 Å². The Bertz CT molecular complexity index is 1230. The van der Waals surface area contributed by atoms with Crippen molar-refractivity contribution in [1.82, 2.24) is 14.5 Å². The highest BCUT2D eigenvalue weighted by atomic mass is 16.5. The van der Waals surface area contributed by atoms with Crippen molar-refractivity contribution < 1.29 is 19.0 Å². The van der Waals surface area contributed by atoms with Crippen LogP contribution in [0.5, 0.6) is 17.2 Å². The molecule has 0 saturated heterocycles. The zero-order valence-electron chi connectivity index (χ0n) is 19.3. The van der Waals surface area contributed by atoms with Gasteiger partial charge in [-0.2, -0.15) is 0 Å². The van der Waals surface area contributed by atoms with Crippen molar-refractivity contribution >= 4 is 16.9 Å². The minimum Gasteiger partial charge on any atom is -0.490 e. The van der Waals surface area contributed by atoms with Crippen molar-refractivity contribution in [2.45, 2.75) is 33.9 Å². The number of hydrogen-bond donors (Lipinski definition) is 1. The number of hydrogen-bond acceptors (Lipinski definition) is 6. The first-order chi connectivity index (χ1) is 15.9. The second-order valence-electron chi connectivity index (χ2n) is 7.24. The minimum absolute atomic E-state index is 0.183. The van der Waals surface area contributed by atoms with Gasteiger partial charge in [0.05, 0.1) is 30.9 Å². The molecule has 3 rings (SSSR count). The number of aryl methyl sites for hydroxylation is 1. The van der Waals surface area contributed by atoms with Crippen LogP contribution in [0.1, 0.15) is 26.3 Å². The summed E-state index contributed by atoms with van der Waals surface area (Å²) in [5, 5.41) is 2.80. The summed E-state index contributed by atoms with van der Waals surface area (Å²) in [6.07, 6.45) is 0. The maximum atomic E-state index is 12.7. The normalized spacial score (nSPS) is 10.8. The van der Waals surface area contributed by atoms with Crippen LogP contribution in [0.15, 0.2) is 46.0 Å². The van der Waals surface area contributed by atoms with Gasteiger partial charge in [0.2, 0.25) is 11.7 Å². The number of para-hydroxylation sites is 2. The molecule has 9 nitrogen and oxygen atoms in total. The van der Waals surface area contributed by atoms with Gasteiger partial charge in [-0.1, -0.05) is 12.1 Å². The Morgan fingerprint density at radius 1 is 0.879 bits per heavy atom. The van der Waals surface area contributed by atoms with Gasteiger partial charge in [-0.15, -0.1) is 0 Å². The number of nitrogens with one attached hydrogen (secondary N) is 1. The molecule has 0 aliphatic rings. The van der Waals surface area contributed by atoms with Crippen LogP contribution in [0.4, 0.5) is 0 Å². The molecule has 33 heavy (non-hydrogen) atoms. The van der Waals surface area contributed by atoms with Crippen molar-refractivity contribution in [2.24, 2.45) is 7.05 Å². The fraction of sp³-hybridized carbons (Fsp3) is 0.375. The summed E-state index contributed by atoms with van der Waals surface area (Å²) < 4.78 is 19.6. The van der Waals surface area contributed by atoms with E-state index in [0.29, 0.717) is 48.1 Å². The number of nitrogens with zero attached hydrogens (tertiary/aromatic N) is 2. The molecule has 0 bridgehead atoms. The van der Waals surface area contributed by atoms with Gasteiger partial charge in [-0.05, 0) is 50.6 Å². The van der Waals surface area contributed by atoms with Crippen LogP contribution in [0, 0.1) is 0 Å². The van der Waals surface area contributed by atoms with Crippen molar-refractivity contribution in [1.29, 1.82) is 0 Å². The smallest absolute Gasteiger partial charge is 0.317 e. The average Bonchev–Trinajstić information content (AvgIpc) is 2.81. The lowest BCUT2D eigenvalue weighted by Gasteiger charge is -2.17. The lowest BCUT2D eigenvalue weighted by Crippen LogP contribution is -2.43. The third-order valence-electron chi connectivity index (χ3n) is 5.03.